The molecule has 0 spiro atoms. The second kappa shape index (κ2) is 7.72. The van der Waals surface area contributed by atoms with Crippen LogP contribution in [0, 0.1) is 11.8 Å². The molecule has 138 valence electrons. The number of carbonyl (C=O) groups is 1. The van der Waals surface area contributed by atoms with E-state index in [2.05, 4.69) is 26.8 Å². The van der Waals surface area contributed by atoms with Crippen molar-refractivity contribution in [2.75, 3.05) is 32.7 Å². The summed E-state index contributed by atoms with van der Waals surface area (Å²) in [6.45, 7) is 7.79. The van der Waals surface area contributed by atoms with E-state index in [1.807, 2.05) is 0 Å². The first-order valence-electron chi connectivity index (χ1n) is 8.60. The average Bonchev–Trinajstić information content (AvgIpc) is 3.29. The molecule has 1 aliphatic rings. The van der Waals surface area contributed by atoms with Crippen LogP contribution >= 0.6 is 0 Å². The number of rotatable bonds is 4. The summed E-state index contributed by atoms with van der Waals surface area (Å²) >= 11 is 0. The number of aromatic nitrogens is 3. The maximum atomic E-state index is 12.6. The lowest BCUT2D eigenvalue weighted by molar-refractivity contribution is 0.0601. The van der Waals surface area contributed by atoms with Crippen LogP contribution in [0.25, 0.3) is 0 Å². The average molecular weight is 357 g/mol. The molecule has 0 unspecified atom stereocenters. The molecule has 1 fully saturated rings. The van der Waals surface area contributed by atoms with Crippen LogP contribution in [0.4, 0.5) is 0 Å². The number of hydrogen-bond donors (Lipinski definition) is 1. The number of aliphatic hydroxyl groups is 1. The molecule has 0 radical (unpaired) electrons. The van der Waals surface area contributed by atoms with E-state index in [9.17, 15) is 9.90 Å². The molecule has 3 heterocycles. The minimum atomic E-state index is -1.10. The lowest BCUT2D eigenvalue weighted by Crippen LogP contribution is -2.49. The predicted octanol–water partition coefficient (Wildman–Crippen LogP) is 0.451. The van der Waals surface area contributed by atoms with E-state index in [1.54, 1.807) is 41.9 Å². The van der Waals surface area contributed by atoms with Crippen molar-refractivity contribution in [2.24, 2.45) is 0 Å². The molecule has 2 aromatic rings. The van der Waals surface area contributed by atoms with Gasteiger partial charge in [-0.1, -0.05) is 5.92 Å². The molecule has 0 saturated carbocycles. The molecule has 1 N–H and O–H groups in total. The molecule has 1 saturated heterocycles. The number of hydrogen-bond acceptors (Lipinski definition) is 6. The Labute approximate surface area is 152 Å². The van der Waals surface area contributed by atoms with Crippen LogP contribution in [0.3, 0.4) is 0 Å². The molecule has 0 aromatic carbocycles. The van der Waals surface area contributed by atoms with Gasteiger partial charge in [0.25, 0.3) is 5.91 Å². The van der Waals surface area contributed by atoms with E-state index in [1.165, 1.54) is 6.33 Å². The first-order chi connectivity index (χ1) is 12.4. The van der Waals surface area contributed by atoms with Gasteiger partial charge in [-0.25, -0.2) is 4.98 Å². The zero-order valence-corrected chi connectivity index (χ0v) is 15.1. The van der Waals surface area contributed by atoms with Gasteiger partial charge in [0.2, 0.25) is 0 Å². The third kappa shape index (κ3) is 4.94. The Morgan fingerprint density at radius 2 is 2.04 bits per heavy atom. The number of amides is 1. The number of piperazine rings is 1. The molecule has 2 aromatic heterocycles. The summed E-state index contributed by atoms with van der Waals surface area (Å²) in [6, 6.07) is 3.29. The summed E-state index contributed by atoms with van der Waals surface area (Å²) in [5, 5.41) is 13.7. The van der Waals surface area contributed by atoms with Crippen LogP contribution in [0.1, 0.15) is 30.2 Å². The molecule has 0 bridgehead atoms. The molecule has 8 heteroatoms. The van der Waals surface area contributed by atoms with Crippen molar-refractivity contribution < 1.29 is 14.3 Å². The van der Waals surface area contributed by atoms with Gasteiger partial charge >= 0.3 is 0 Å². The van der Waals surface area contributed by atoms with Crippen molar-refractivity contribution in [2.45, 2.75) is 26.0 Å². The first-order valence-corrected chi connectivity index (χ1v) is 8.60. The fourth-order valence-electron chi connectivity index (χ4n) is 2.66. The molecule has 0 atom stereocenters. The molecule has 26 heavy (non-hydrogen) atoms. The Hall–Kier alpha value is -2.63. The van der Waals surface area contributed by atoms with Gasteiger partial charge in [0.1, 0.15) is 18.3 Å². The summed E-state index contributed by atoms with van der Waals surface area (Å²) in [4.78, 5) is 20.6. The third-order valence-electron chi connectivity index (χ3n) is 4.08. The molecule has 0 aliphatic carbocycles. The highest BCUT2D eigenvalue weighted by Crippen LogP contribution is 2.13. The van der Waals surface area contributed by atoms with Crippen LogP contribution in [0.15, 0.2) is 29.2 Å². The highest BCUT2D eigenvalue weighted by molar-refractivity contribution is 5.91. The van der Waals surface area contributed by atoms with E-state index >= 15 is 0 Å². The van der Waals surface area contributed by atoms with Crippen molar-refractivity contribution in [1.82, 2.24) is 24.6 Å². The van der Waals surface area contributed by atoms with Crippen LogP contribution in [-0.2, 0) is 6.54 Å². The van der Waals surface area contributed by atoms with Crippen molar-refractivity contribution >= 4 is 5.91 Å². The quantitative estimate of drug-likeness (QED) is 0.800. The Kier molecular flexibility index (Phi) is 5.40. The van der Waals surface area contributed by atoms with Crippen molar-refractivity contribution in [1.29, 1.82) is 0 Å². The van der Waals surface area contributed by atoms with E-state index in [4.69, 9.17) is 4.42 Å². The van der Waals surface area contributed by atoms with Gasteiger partial charge in [-0.3, -0.25) is 14.4 Å². The van der Waals surface area contributed by atoms with E-state index in [0.29, 0.717) is 18.8 Å². The highest BCUT2D eigenvalue weighted by Gasteiger charge is 2.24. The van der Waals surface area contributed by atoms with Crippen molar-refractivity contribution in [3.8, 4) is 11.8 Å². The van der Waals surface area contributed by atoms with Crippen molar-refractivity contribution in [3.63, 3.8) is 0 Å². The van der Waals surface area contributed by atoms with Crippen LogP contribution < -0.4 is 0 Å². The second-order valence-electron chi connectivity index (χ2n) is 6.77. The van der Waals surface area contributed by atoms with E-state index in [-0.39, 0.29) is 11.7 Å². The SMILES string of the molecule is CC(C)(O)C#Cc1ccc(C(=O)N2CCN(CCn3cncn3)CC2)o1. The fourth-order valence-corrected chi connectivity index (χ4v) is 2.66. The Morgan fingerprint density at radius 3 is 2.69 bits per heavy atom. The summed E-state index contributed by atoms with van der Waals surface area (Å²) in [5.41, 5.74) is -1.10. The van der Waals surface area contributed by atoms with Gasteiger partial charge in [0.05, 0.1) is 6.54 Å². The largest absolute Gasteiger partial charge is 0.443 e. The summed E-state index contributed by atoms with van der Waals surface area (Å²) < 4.78 is 7.31. The maximum absolute atomic E-state index is 12.6. The molecular formula is C18H23N5O3. The van der Waals surface area contributed by atoms with Gasteiger partial charge in [-0.2, -0.15) is 5.10 Å². The lowest BCUT2D eigenvalue weighted by atomic mass is 10.1. The molecular weight excluding hydrogens is 334 g/mol. The first kappa shape index (κ1) is 18.2. The Morgan fingerprint density at radius 1 is 1.27 bits per heavy atom. The Bertz CT molecular complexity index is 787. The number of nitrogens with zero attached hydrogens (tertiary/aromatic N) is 5. The predicted molar refractivity (Wildman–Crippen MR) is 94.2 cm³/mol. The molecule has 1 amide bonds. The van der Waals surface area contributed by atoms with Crippen LogP contribution in [0.2, 0.25) is 0 Å². The van der Waals surface area contributed by atoms with Gasteiger partial charge in [-0.05, 0) is 31.9 Å². The summed E-state index contributed by atoms with van der Waals surface area (Å²) in [6.07, 6.45) is 3.23. The Balaban J connectivity index is 1.50. The topological polar surface area (TPSA) is 87.6 Å². The molecule has 3 rings (SSSR count). The zero-order valence-electron chi connectivity index (χ0n) is 15.1. The van der Waals surface area contributed by atoms with Crippen LogP contribution in [-0.4, -0.2) is 73.9 Å². The number of furan rings is 1. The van der Waals surface area contributed by atoms with Gasteiger partial charge in [-0.15, -0.1) is 0 Å². The maximum Gasteiger partial charge on any atom is 0.289 e. The third-order valence-corrected chi connectivity index (χ3v) is 4.08. The van der Waals surface area contributed by atoms with E-state index < -0.39 is 5.60 Å². The zero-order chi connectivity index (χ0) is 18.6. The van der Waals surface area contributed by atoms with Crippen molar-refractivity contribution in [3.05, 3.63) is 36.3 Å². The van der Waals surface area contributed by atoms with Gasteiger partial charge < -0.3 is 14.4 Å². The fraction of sp³-hybridized carbons (Fsp3) is 0.500. The van der Waals surface area contributed by atoms with Gasteiger partial charge in [0, 0.05) is 32.7 Å². The monoisotopic (exact) mass is 357 g/mol. The minimum absolute atomic E-state index is 0.128. The summed E-state index contributed by atoms with van der Waals surface area (Å²) in [7, 11) is 0. The second-order valence-corrected chi connectivity index (χ2v) is 6.77. The molecule has 1 aliphatic heterocycles. The number of carbonyl (C=O) groups excluding carboxylic acids is 1. The smallest absolute Gasteiger partial charge is 0.289 e. The highest BCUT2D eigenvalue weighted by atomic mass is 16.4. The summed E-state index contributed by atoms with van der Waals surface area (Å²) in [5.74, 6) is 5.94. The minimum Gasteiger partial charge on any atom is -0.443 e. The van der Waals surface area contributed by atoms with Crippen LogP contribution in [0.5, 0.6) is 0 Å². The van der Waals surface area contributed by atoms with E-state index in [0.717, 1.165) is 26.2 Å². The normalized spacial score (nSPS) is 15.6. The lowest BCUT2D eigenvalue weighted by Gasteiger charge is -2.34. The standard InChI is InChI=1S/C18H23N5O3/c1-18(2,25)6-5-15-3-4-16(26-15)17(24)22-10-7-21(8-11-22)9-12-23-14-19-13-20-23/h3-4,13-14,25H,7-12H2,1-2H3. The molecule has 8 nitrogen and oxygen atoms in total. The van der Waals surface area contributed by atoms with Gasteiger partial charge in [0.15, 0.2) is 11.5 Å².